The van der Waals surface area contributed by atoms with Crippen molar-refractivity contribution in [1.82, 2.24) is 14.7 Å². The molecule has 2 atom stereocenters. The van der Waals surface area contributed by atoms with Gasteiger partial charge in [0.15, 0.2) is 0 Å². The van der Waals surface area contributed by atoms with E-state index < -0.39 is 0 Å². The Morgan fingerprint density at radius 1 is 1.00 bits per heavy atom. The molecule has 0 amide bonds. The number of benzene rings is 2. The zero-order chi connectivity index (χ0) is 20.8. The van der Waals surface area contributed by atoms with Gasteiger partial charge in [-0.15, -0.1) is 0 Å². The molecular formula is C23H21Cl2N5. The Bertz CT molecular complexity index is 1170. The predicted octanol–water partition coefficient (Wildman–Crippen LogP) is 5.56. The molecule has 0 radical (unpaired) electrons. The highest BCUT2D eigenvalue weighted by molar-refractivity contribution is 6.42. The number of hydrogen-bond donors (Lipinski definition) is 1. The molecule has 0 spiro atoms. The van der Waals surface area contributed by atoms with Gasteiger partial charge < -0.3 is 10.2 Å². The average molecular weight is 438 g/mol. The maximum Gasteiger partial charge on any atom is 0.131 e. The zero-order valence-corrected chi connectivity index (χ0v) is 18.2. The number of aromatic nitrogens is 2. The molecule has 2 aliphatic heterocycles. The van der Waals surface area contributed by atoms with Crippen LogP contribution in [0.1, 0.15) is 30.1 Å². The van der Waals surface area contributed by atoms with Crippen molar-refractivity contribution in [2.45, 2.75) is 19.0 Å². The van der Waals surface area contributed by atoms with E-state index in [1.165, 1.54) is 5.56 Å². The number of anilines is 1. The maximum absolute atomic E-state index is 6.38. The Balaban J connectivity index is 1.59. The maximum atomic E-state index is 6.38. The summed E-state index contributed by atoms with van der Waals surface area (Å²) in [5, 5.41) is 9.15. The Labute approximate surface area is 185 Å². The van der Waals surface area contributed by atoms with E-state index in [9.17, 15) is 0 Å². The van der Waals surface area contributed by atoms with Crippen molar-refractivity contribution in [2.75, 3.05) is 18.9 Å². The number of amidine groups is 1. The highest BCUT2D eigenvalue weighted by Crippen LogP contribution is 2.40. The van der Waals surface area contributed by atoms with Crippen LogP contribution in [0.2, 0.25) is 10.0 Å². The molecule has 5 nitrogen and oxygen atoms in total. The van der Waals surface area contributed by atoms with E-state index in [0.29, 0.717) is 16.6 Å². The number of nitrogens with one attached hydrogen (secondary N) is 1. The molecule has 0 saturated heterocycles. The molecule has 0 fully saturated rings. The third-order valence-electron chi connectivity index (χ3n) is 5.81. The summed E-state index contributed by atoms with van der Waals surface area (Å²) in [6.07, 6.45) is 1.80. The number of halogens is 2. The monoisotopic (exact) mass is 437 g/mol. The molecule has 30 heavy (non-hydrogen) atoms. The van der Waals surface area contributed by atoms with Crippen molar-refractivity contribution >= 4 is 34.9 Å². The van der Waals surface area contributed by atoms with Gasteiger partial charge >= 0.3 is 0 Å². The van der Waals surface area contributed by atoms with Gasteiger partial charge in [-0.2, -0.15) is 5.10 Å². The number of aliphatic imine (C=N–C) groups is 1. The number of nitrogens with zero attached hydrogens (tertiary/aromatic N) is 4. The van der Waals surface area contributed by atoms with Gasteiger partial charge in [-0.3, -0.25) is 4.99 Å². The fourth-order valence-corrected chi connectivity index (χ4v) is 4.63. The van der Waals surface area contributed by atoms with Crippen LogP contribution >= 0.6 is 23.2 Å². The van der Waals surface area contributed by atoms with E-state index in [1.807, 2.05) is 35.0 Å². The average Bonchev–Trinajstić information content (AvgIpc) is 3.36. The number of fused-ring (bicyclic) bond motifs is 1. The minimum Gasteiger partial charge on any atom is -0.351 e. The van der Waals surface area contributed by atoms with Crippen molar-refractivity contribution < 1.29 is 0 Å². The molecule has 3 aromatic rings. The first kappa shape index (κ1) is 19.2. The van der Waals surface area contributed by atoms with Crippen LogP contribution in [0.5, 0.6) is 0 Å². The Morgan fingerprint density at radius 2 is 1.80 bits per heavy atom. The summed E-state index contributed by atoms with van der Waals surface area (Å²) in [4.78, 5) is 7.22. The van der Waals surface area contributed by atoms with E-state index in [4.69, 9.17) is 28.2 Å². The van der Waals surface area contributed by atoms with Crippen molar-refractivity contribution in [1.29, 1.82) is 0 Å². The van der Waals surface area contributed by atoms with E-state index >= 15 is 0 Å². The van der Waals surface area contributed by atoms with Crippen LogP contribution in [0.15, 0.2) is 77.1 Å². The summed E-state index contributed by atoms with van der Waals surface area (Å²) in [6.45, 7) is 2.80. The van der Waals surface area contributed by atoms with Gasteiger partial charge in [0.1, 0.15) is 17.7 Å². The zero-order valence-electron chi connectivity index (χ0n) is 16.7. The van der Waals surface area contributed by atoms with E-state index in [0.717, 1.165) is 28.5 Å². The molecule has 0 saturated carbocycles. The van der Waals surface area contributed by atoms with Crippen LogP contribution in [0.4, 0.5) is 5.82 Å². The lowest BCUT2D eigenvalue weighted by Crippen LogP contribution is -2.35. The fraction of sp³-hybridized carbons (Fsp3) is 0.217. The summed E-state index contributed by atoms with van der Waals surface area (Å²) in [5.74, 6) is 1.90. The molecule has 152 valence electrons. The Kier molecular flexibility index (Phi) is 4.80. The lowest BCUT2D eigenvalue weighted by Gasteiger charge is -2.34. The predicted molar refractivity (Wildman–Crippen MR) is 122 cm³/mol. The van der Waals surface area contributed by atoms with Gasteiger partial charge in [-0.25, -0.2) is 4.68 Å². The summed E-state index contributed by atoms with van der Waals surface area (Å²) in [6, 6.07) is 18.3. The normalized spacial score (nSPS) is 20.8. The topological polar surface area (TPSA) is 45.5 Å². The van der Waals surface area contributed by atoms with Crippen molar-refractivity contribution in [2.24, 2.45) is 4.99 Å². The molecular weight excluding hydrogens is 417 g/mol. The summed E-state index contributed by atoms with van der Waals surface area (Å²) >= 11 is 12.6. The van der Waals surface area contributed by atoms with E-state index in [2.05, 4.69) is 53.6 Å². The van der Waals surface area contributed by atoms with Gasteiger partial charge in [-0.05, 0) is 30.2 Å². The first-order chi connectivity index (χ1) is 14.5. The second-order valence-electron chi connectivity index (χ2n) is 7.60. The van der Waals surface area contributed by atoms with Crippen LogP contribution in [0.3, 0.4) is 0 Å². The summed E-state index contributed by atoms with van der Waals surface area (Å²) in [5.41, 5.74) is 4.42. The molecule has 7 heteroatoms. The first-order valence-corrected chi connectivity index (χ1v) is 10.6. The molecule has 0 bridgehead atoms. The van der Waals surface area contributed by atoms with Crippen LogP contribution in [0, 0.1) is 0 Å². The Hall–Kier alpha value is -2.76. The quantitative estimate of drug-likeness (QED) is 0.582. The number of rotatable bonds is 3. The minimum absolute atomic E-state index is 0.151. The van der Waals surface area contributed by atoms with Crippen molar-refractivity contribution in [3.05, 3.63) is 93.2 Å². The number of likely N-dealkylation sites (N-methyl/N-ethyl adjacent to an activating group) is 1. The highest BCUT2D eigenvalue weighted by atomic mass is 35.5. The fourth-order valence-electron chi connectivity index (χ4n) is 4.32. The molecule has 5 rings (SSSR count). The molecule has 1 N–H and O–H groups in total. The SMILES string of the molecule is CC1=C(C2=NCC(c3ccccc3)N2C)C(c2ccc(Cl)c(Cl)c2)n2nccc2N1. The second-order valence-corrected chi connectivity index (χ2v) is 8.42. The Morgan fingerprint density at radius 3 is 2.57 bits per heavy atom. The molecule has 1 aromatic heterocycles. The van der Waals surface area contributed by atoms with Crippen molar-refractivity contribution in [3.63, 3.8) is 0 Å². The highest BCUT2D eigenvalue weighted by Gasteiger charge is 2.37. The lowest BCUT2D eigenvalue weighted by molar-refractivity contribution is 0.413. The van der Waals surface area contributed by atoms with Gasteiger partial charge in [0.05, 0.1) is 28.8 Å². The summed E-state index contributed by atoms with van der Waals surface area (Å²) in [7, 11) is 2.11. The van der Waals surface area contributed by atoms with Crippen LogP contribution in [0.25, 0.3) is 0 Å². The van der Waals surface area contributed by atoms with Gasteiger partial charge in [0.2, 0.25) is 0 Å². The lowest BCUT2D eigenvalue weighted by atomic mass is 9.94. The third-order valence-corrected chi connectivity index (χ3v) is 6.55. The standard InChI is InChI=1S/C23H21Cl2N5/c1-14-21(23-26-13-19(29(23)2)15-6-4-3-5-7-15)22(30-20(28-14)10-11-27-30)16-8-9-17(24)18(25)12-16/h3-12,19,22,28H,13H2,1-2H3. The van der Waals surface area contributed by atoms with Crippen LogP contribution in [-0.2, 0) is 0 Å². The largest absolute Gasteiger partial charge is 0.351 e. The summed E-state index contributed by atoms with van der Waals surface area (Å²) < 4.78 is 1.98. The van der Waals surface area contributed by atoms with Crippen LogP contribution in [-0.4, -0.2) is 34.1 Å². The molecule has 2 aliphatic rings. The molecule has 3 heterocycles. The van der Waals surface area contributed by atoms with Gasteiger partial charge in [-0.1, -0.05) is 59.6 Å². The smallest absolute Gasteiger partial charge is 0.131 e. The molecule has 0 aliphatic carbocycles. The first-order valence-electron chi connectivity index (χ1n) is 9.83. The minimum atomic E-state index is -0.151. The van der Waals surface area contributed by atoms with E-state index in [-0.39, 0.29) is 12.1 Å². The van der Waals surface area contributed by atoms with Crippen molar-refractivity contribution in [3.8, 4) is 0 Å². The third kappa shape index (κ3) is 3.09. The van der Waals surface area contributed by atoms with E-state index in [1.54, 1.807) is 6.20 Å². The number of hydrogen-bond acceptors (Lipinski definition) is 4. The second kappa shape index (κ2) is 7.49. The molecule has 2 unspecified atom stereocenters. The number of allylic oxidation sites excluding steroid dienone is 1. The molecule has 2 aromatic carbocycles. The van der Waals surface area contributed by atoms with Gasteiger partial charge in [0.25, 0.3) is 0 Å². The van der Waals surface area contributed by atoms with Crippen LogP contribution < -0.4 is 5.32 Å². The van der Waals surface area contributed by atoms with Gasteiger partial charge in [0, 0.05) is 24.4 Å².